The zero-order valence-electron chi connectivity index (χ0n) is 11.1. The van der Waals surface area contributed by atoms with E-state index < -0.39 is 0 Å². The highest BCUT2D eigenvalue weighted by atomic mass is 16.5. The van der Waals surface area contributed by atoms with Gasteiger partial charge in [0.2, 0.25) is 0 Å². The highest BCUT2D eigenvalue weighted by Crippen LogP contribution is 2.61. The number of hydrogen-bond acceptors (Lipinski definition) is 3. The van der Waals surface area contributed by atoms with Crippen LogP contribution < -0.4 is 0 Å². The van der Waals surface area contributed by atoms with Crippen LogP contribution in [0.4, 0.5) is 0 Å². The largest absolute Gasteiger partial charge is 0.458 e. The lowest BCUT2D eigenvalue weighted by Crippen LogP contribution is -2.47. The van der Waals surface area contributed by atoms with Crippen LogP contribution >= 0.6 is 0 Å². The number of hydrogen-bond donors (Lipinski definition) is 0. The van der Waals surface area contributed by atoms with E-state index in [1.165, 1.54) is 45.4 Å². The second-order valence-corrected chi connectivity index (χ2v) is 6.91. The van der Waals surface area contributed by atoms with Gasteiger partial charge in [0, 0.05) is 13.3 Å². The molecule has 0 N–H and O–H groups in total. The highest BCUT2D eigenvalue weighted by Gasteiger charge is 2.51. The van der Waals surface area contributed by atoms with E-state index in [0.717, 1.165) is 17.8 Å². The van der Waals surface area contributed by atoms with E-state index in [9.17, 15) is 9.59 Å². The van der Waals surface area contributed by atoms with Gasteiger partial charge in [0.1, 0.15) is 6.61 Å². The van der Waals surface area contributed by atoms with Gasteiger partial charge in [0.15, 0.2) is 5.78 Å². The van der Waals surface area contributed by atoms with Crippen molar-refractivity contribution in [3.05, 3.63) is 0 Å². The van der Waals surface area contributed by atoms with Gasteiger partial charge in [-0.1, -0.05) is 0 Å². The van der Waals surface area contributed by atoms with E-state index >= 15 is 0 Å². The Bertz CT molecular complexity index is 337. The molecule has 4 aliphatic carbocycles. The molecule has 4 bridgehead atoms. The van der Waals surface area contributed by atoms with Crippen LogP contribution in [0, 0.1) is 23.2 Å². The fraction of sp³-hybridized carbons (Fsp3) is 0.867. The molecule has 0 aromatic carbocycles. The Hall–Kier alpha value is -0.860. The Morgan fingerprint density at radius 3 is 2.00 bits per heavy atom. The number of ketones is 1. The predicted octanol–water partition coefficient (Wildman–Crippen LogP) is 2.73. The van der Waals surface area contributed by atoms with E-state index in [0.29, 0.717) is 6.42 Å². The summed E-state index contributed by atoms with van der Waals surface area (Å²) >= 11 is 0. The molecule has 0 radical (unpaired) electrons. The second-order valence-electron chi connectivity index (χ2n) is 6.91. The predicted molar refractivity (Wildman–Crippen MR) is 66.9 cm³/mol. The summed E-state index contributed by atoms with van der Waals surface area (Å²) in [6, 6.07) is 0. The van der Waals surface area contributed by atoms with E-state index in [1.54, 1.807) is 0 Å². The van der Waals surface area contributed by atoms with Crippen LogP contribution in [0.2, 0.25) is 0 Å². The van der Waals surface area contributed by atoms with Crippen molar-refractivity contribution in [2.24, 2.45) is 23.2 Å². The number of esters is 1. The quantitative estimate of drug-likeness (QED) is 0.720. The zero-order valence-corrected chi connectivity index (χ0v) is 11.1. The molecule has 4 aliphatic rings. The molecule has 0 aliphatic heterocycles. The van der Waals surface area contributed by atoms with Crippen molar-refractivity contribution in [3.8, 4) is 0 Å². The van der Waals surface area contributed by atoms with E-state index in [1.807, 2.05) is 0 Å². The standard InChI is InChI=1S/C15H22O3/c1-10(16)18-9-14(17)8-15-5-11-2-12(6-15)4-13(3-11)7-15/h11-13H,2-9H2,1H3. The number of carbonyl (C=O) groups excluding carboxylic acids is 2. The maximum absolute atomic E-state index is 12.0. The van der Waals surface area contributed by atoms with Crippen LogP contribution in [-0.2, 0) is 14.3 Å². The molecule has 3 nitrogen and oxygen atoms in total. The first-order valence-corrected chi connectivity index (χ1v) is 7.20. The third kappa shape index (κ3) is 2.32. The van der Waals surface area contributed by atoms with Crippen molar-refractivity contribution in [3.63, 3.8) is 0 Å². The summed E-state index contributed by atoms with van der Waals surface area (Å²) < 4.78 is 4.83. The van der Waals surface area contributed by atoms with E-state index in [-0.39, 0.29) is 23.8 Å². The average Bonchev–Trinajstić information content (AvgIpc) is 2.23. The van der Waals surface area contributed by atoms with Gasteiger partial charge in [-0.05, 0) is 61.7 Å². The van der Waals surface area contributed by atoms with Crippen molar-refractivity contribution >= 4 is 11.8 Å². The van der Waals surface area contributed by atoms with Crippen LogP contribution in [0.1, 0.15) is 51.9 Å². The topological polar surface area (TPSA) is 43.4 Å². The summed E-state index contributed by atoms with van der Waals surface area (Å²) in [5.41, 5.74) is 0.270. The fourth-order valence-corrected chi connectivity index (χ4v) is 5.16. The van der Waals surface area contributed by atoms with Crippen molar-refractivity contribution in [1.29, 1.82) is 0 Å². The Labute approximate surface area is 108 Å². The molecule has 0 aromatic heterocycles. The summed E-state index contributed by atoms with van der Waals surface area (Å²) in [6.45, 7) is 1.34. The van der Waals surface area contributed by atoms with Crippen molar-refractivity contribution in [2.75, 3.05) is 6.61 Å². The zero-order chi connectivity index (χ0) is 12.8. The fourth-order valence-electron chi connectivity index (χ4n) is 5.16. The third-order valence-corrected chi connectivity index (χ3v) is 5.17. The molecule has 4 rings (SSSR count). The maximum atomic E-state index is 12.0. The highest BCUT2D eigenvalue weighted by molar-refractivity contribution is 5.82. The first kappa shape index (κ1) is 12.2. The summed E-state index contributed by atoms with van der Waals surface area (Å²) in [5.74, 6) is 2.38. The molecule has 0 spiro atoms. The van der Waals surface area contributed by atoms with Gasteiger partial charge in [0.25, 0.3) is 0 Å². The minimum Gasteiger partial charge on any atom is -0.458 e. The number of Topliss-reactive ketones (excluding diaryl/α,β-unsaturated/α-hetero) is 1. The normalized spacial score (nSPS) is 40.8. The molecule has 4 fully saturated rings. The van der Waals surface area contributed by atoms with Crippen molar-refractivity contribution in [2.45, 2.75) is 51.9 Å². The van der Waals surface area contributed by atoms with Gasteiger partial charge >= 0.3 is 5.97 Å². The minimum atomic E-state index is -0.353. The second kappa shape index (κ2) is 4.36. The van der Waals surface area contributed by atoms with Gasteiger partial charge in [-0.15, -0.1) is 0 Å². The number of rotatable bonds is 4. The molecule has 0 unspecified atom stereocenters. The molecule has 0 atom stereocenters. The molecule has 100 valence electrons. The SMILES string of the molecule is CC(=O)OCC(=O)CC12CC3CC(CC(C3)C1)C2. The van der Waals surface area contributed by atoms with Gasteiger partial charge in [-0.2, -0.15) is 0 Å². The molecular weight excluding hydrogens is 228 g/mol. The molecule has 4 saturated carbocycles. The van der Waals surface area contributed by atoms with Crippen LogP contribution in [0.3, 0.4) is 0 Å². The van der Waals surface area contributed by atoms with Crippen LogP contribution in [-0.4, -0.2) is 18.4 Å². The smallest absolute Gasteiger partial charge is 0.303 e. The summed E-state index contributed by atoms with van der Waals surface area (Å²) in [7, 11) is 0. The monoisotopic (exact) mass is 250 g/mol. The number of carbonyl (C=O) groups is 2. The van der Waals surface area contributed by atoms with Crippen molar-refractivity contribution in [1.82, 2.24) is 0 Å². The molecular formula is C15H22O3. The average molecular weight is 250 g/mol. The first-order valence-electron chi connectivity index (χ1n) is 7.20. The molecule has 3 heteroatoms. The molecule has 18 heavy (non-hydrogen) atoms. The molecule has 0 heterocycles. The Balaban J connectivity index is 1.61. The van der Waals surface area contributed by atoms with Gasteiger partial charge in [0.05, 0.1) is 0 Å². The first-order chi connectivity index (χ1) is 8.55. The molecule has 0 aromatic rings. The third-order valence-electron chi connectivity index (χ3n) is 5.17. The van der Waals surface area contributed by atoms with Crippen LogP contribution in [0.5, 0.6) is 0 Å². The number of ether oxygens (including phenoxy) is 1. The van der Waals surface area contributed by atoms with Gasteiger partial charge in [-0.25, -0.2) is 0 Å². The Kier molecular flexibility index (Phi) is 2.95. The Morgan fingerprint density at radius 1 is 1.06 bits per heavy atom. The van der Waals surface area contributed by atoms with E-state index in [4.69, 9.17) is 4.74 Å². The summed E-state index contributed by atoms with van der Waals surface area (Å²) in [5, 5.41) is 0. The summed E-state index contributed by atoms with van der Waals surface area (Å²) in [6.07, 6.45) is 8.57. The van der Waals surface area contributed by atoms with Crippen LogP contribution in [0.15, 0.2) is 0 Å². The van der Waals surface area contributed by atoms with Crippen molar-refractivity contribution < 1.29 is 14.3 Å². The minimum absolute atomic E-state index is 0.0168. The lowest BCUT2D eigenvalue weighted by Gasteiger charge is -2.56. The maximum Gasteiger partial charge on any atom is 0.303 e. The lowest BCUT2D eigenvalue weighted by atomic mass is 9.48. The summed E-state index contributed by atoms with van der Waals surface area (Å²) in [4.78, 5) is 22.7. The Morgan fingerprint density at radius 2 is 1.56 bits per heavy atom. The van der Waals surface area contributed by atoms with Gasteiger partial charge < -0.3 is 4.74 Å². The van der Waals surface area contributed by atoms with Crippen LogP contribution in [0.25, 0.3) is 0 Å². The lowest BCUT2D eigenvalue weighted by molar-refractivity contribution is -0.148. The molecule has 0 saturated heterocycles. The molecule has 0 amide bonds. The van der Waals surface area contributed by atoms with E-state index in [2.05, 4.69) is 0 Å². The van der Waals surface area contributed by atoms with Gasteiger partial charge in [-0.3, -0.25) is 9.59 Å².